The van der Waals surface area contributed by atoms with Crippen LogP contribution in [-0.2, 0) is 6.18 Å². The van der Waals surface area contributed by atoms with Crippen molar-refractivity contribution in [3.63, 3.8) is 0 Å². The Hall–Kier alpha value is -3.54. The Morgan fingerprint density at radius 1 is 0.943 bits per heavy atom. The van der Waals surface area contributed by atoms with Gasteiger partial charge in [0.15, 0.2) is 0 Å². The van der Waals surface area contributed by atoms with Gasteiger partial charge in [-0.1, -0.05) is 49.6 Å². The predicted octanol–water partition coefficient (Wildman–Crippen LogP) is 8.20. The number of fused-ring (bicyclic) bond motifs is 1. The van der Waals surface area contributed by atoms with Crippen LogP contribution in [0.2, 0.25) is 0 Å². The number of carboxylic acids is 1. The van der Waals surface area contributed by atoms with Gasteiger partial charge in [-0.2, -0.15) is 13.2 Å². The number of carboxylic acid groups (broad SMARTS) is 1. The van der Waals surface area contributed by atoms with Crippen molar-refractivity contribution < 1.29 is 23.1 Å². The molecule has 6 heteroatoms. The van der Waals surface area contributed by atoms with Crippen LogP contribution in [0.4, 0.5) is 13.2 Å². The van der Waals surface area contributed by atoms with Crippen LogP contribution in [0.1, 0.15) is 59.6 Å². The summed E-state index contributed by atoms with van der Waals surface area (Å²) in [7, 11) is 0. The molecule has 1 heterocycles. The van der Waals surface area contributed by atoms with Crippen LogP contribution in [0.25, 0.3) is 22.0 Å². The Bertz CT molecular complexity index is 1330. The molecule has 0 aliphatic heterocycles. The monoisotopic (exact) mass is 477 g/mol. The number of benzene rings is 3. The molecule has 0 spiro atoms. The molecule has 1 saturated carbocycles. The summed E-state index contributed by atoms with van der Waals surface area (Å²) in [6.07, 6.45) is 3.62. The van der Waals surface area contributed by atoms with Crippen LogP contribution < -0.4 is 0 Å². The van der Waals surface area contributed by atoms with E-state index in [1.165, 1.54) is 31.4 Å². The van der Waals surface area contributed by atoms with Crippen LogP contribution in [0, 0.1) is 5.92 Å². The minimum absolute atomic E-state index is 0.0767. The molecule has 0 radical (unpaired) electrons. The van der Waals surface area contributed by atoms with E-state index in [4.69, 9.17) is 0 Å². The molecule has 5 rings (SSSR count). The Kier molecular flexibility index (Phi) is 6.13. The van der Waals surface area contributed by atoms with E-state index in [9.17, 15) is 23.1 Å². The van der Waals surface area contributed by atoms with Crippen LogP contribution in [0.15, 0.2) is 79.0 Å². The molecule has 35 heavy (non-hydrogen) atoms. The number of hydrogen-bond acceptors (Lipinski definition) is 1. The van der Waals surface area contributed by atoms with E-state index in [-0.39, 0.29) is 11.6 Å². The smallest absolute Gasteiger partial charge is 0.416 e. The number of rotatable bonds is 7. The minimum atomic E-state index is -4.35. The fraction of sp³-hybridized carbons (Fsp3) is 0.276. The summed E-state index contributed by atoms with van der Waals surface area (Å²) in [5, 5.41) is 10.3. The molecular formula is C29H26F3NO2. The standard InChI is InChI=1S/C29H26F3NO2/c30-29(31,32)25-12-9-20(10-13-25)23-11-15-27-24(18-23)16-17-33(27)26(14-4-19-2-1-3-19)21-5-7-22(8-6-21)28(34)35/h5-13,15-19,26H,1-4,14H2,(H,34,35). The largest absolute Gasteiger partial charge is 0.478 e. The first-order valence-electron chi connectivity index (χ1n) is 11.9. The maximum atomic E-state index is 12.9. The third kappa shape index (κ3) is 4.83. The van der Waals surface area contributed by atoms with E-state index >= 15 is 0 Å². The van der Waals surface area contributed by atoms with Crippen molar-refractivity contribution in [1.82, 2.24) is 4.57 Å². The molecule has 1 atom stereocenters. The third-order valence-electron chi connectivity index (χ3n) is 7.22. The van der Waals surface area contributed by atoms with Gasteiger partial charge in [-0.05, 0) is 77.9 Å². The first kappa shape index (κ1) is 23.2. The average Bonchev–Trinajstić information content (AvgIpc) is 3.23. The second-order valence-electron chi connectivity index (χ2n) is 9.39. The van der Waals surface area contributed by atoms with Crippen LogP contribution >= 0.6 is 0 Å². The summed E-state index contributed by atoms with van der Waals surface area (Å²) in [6, 6.07) is 20.4. The molecule has 1 N–H and O–H groups in total. The molecule has 180 valence electrons. The van der Waals surface area contributed by atoms with Gasteiger partial charge in [-0.15, -0.1) is 0 Å². The summed E-state index contributed by atoms with van der Waals surface area (Å²) < 4.78 is 41.0. The SMILES string of the molecule is O=C(O)c1ccc(C(CCC2CCC2)n2ccc3cc(-c4ccc(C(F)(F)F)cc4)ccc32)cc1. The van der Waals surface area contributed by atoms with Crippen molar-refractivity contribution in [3.05, 3.63) is 95.7 Å². The van der Waals surface area contributed by atoms with Crippen LogP contribution in [-0.4, -0.2) is 15.6 Å². The molecular weight excluding hydrogens is 451 g/mol. The van der Waals surface area contributed by atoms with E-state index < -0.39 is 17.7 Å². The fourth-order valence-corrected chi connectivity index (χ4v) is 4.96. The van der Waals surface area contributed by atoms with Crippen molar-refractivity contribution in [3.8, 4) is 11.1 Å². The lowest BCUT2D eigenvalue weighted by Crippen LogP contribution is -2.16. The summed E-state index contributed by atoms with van der Waals surface area (Å²) in [5.41, 5.74) is 3.32. The number of alkyl halides is 3. The highest BCUT2D eigenvalue weighted by molar-refractivity contribution is 5.88. The molecule has 0 amide bonds. The van der Waals surface area contributed by atoms with Gasteiger partial charge in [0.2, 0.25) is 0 Å². The maximum Gasteiger partial charge on any atom is 0.416 e. The number of hydrogen-bond donors (Lipinski definition) is 1. The summed E-state index contributed by atoms with van der Waals surface area (Å²) in [4.78, 5) is 11.3. The average molecular weight is 478 g/mol. The van der Waals surface area contributed by atoms with Gasteiger partial charge >= 0.3 is 12.1 Å². The van der Waals surface area contributed by atoms with E-state index in [1.54, 1.807) is 12.1 Å². The lowest BCUT2D eigenvalue weighted by molar-refractivity contribution is -0.137. The Labute approximate surface area is 201 Å². The number of aromatic carboxylic acids is 1. The van der Waals surface area contributed by atoms with E-state index in [2.05, 4.69) is 10.8 Å². The highest BCUT2D eigenvalue weighted by atomic mass is 19.4. The van der Waals surface area contributed by atoms with Gasteiger partial charge in [0.1, 0.15) is 0 Å². The number of halogens is 3. The second-order valence-corrected chi connectivity index (χ2v) is 9.39. The van der Waals surface area contributed by atoms with Crippen molar-refractivity contribution in [2.45, 2.75) is 44.3 Å². The van der Waals surface area contributed by atoms with E-state index in [0.29, 0.717) is 0 Å². The molecule has 1 aromatic heterocycles. The maximum absolute atomic E-state index is 12.9. The number of nitrogens with zero attached hydrogens (tertiary/aromatic N) is 1. The normalized spacial score (nSPS) is 15.2. The lowest BCUT2D eigenvalue weighted by atomic mass is 9.80. The molecule has 1 aliphatic carbocycles. The molecule has 4 aromatic rings. The van der Waals surface area contributed by atoms with Gasteiger partial charge in [0.05, 0.1) is 17.2 Å². The molecule has 1 aliphatic rings. The second kappa shape index (κ2) is 9.25. The topological polar surface area (TPSA) is 42.2 Å². The lowest BCUT2D eigenvalue weighted by Gasteiger charge is -2.28. The first-order chi connectivity index (χ1) is 16.8. The molecule has 3 aromatic carbocycles. The number of aromatic nitrogens is 1. The van der Waals surface area contributed by atoms with Crippen molar-refractivity contribution >= 4 is 16.9 Å². The van der Waals surface area contributed by atoms with Gasteiger partial charge in [-0.3, -0.25) is 0 Å². The summed E-state index contributed by atoms with van der Waals surface area (Å²) in [6.45, 7) is 0. The van der Waals surface area contributed by atoms with E-state index in [1.807, 2.05) is 36.4 Å². The zero-order valence-corrected chi connectivity index (χ0v) is 19.1. The molecule has 1 fully saturated rings. The zero-order valence-electron chi connectivity index (χ0n) is 19.1. The van der Waals surface area contributed by atoms with Gasteiger partial charge in [0, 0.05) is 17.1 Å². The Morgan fingerprint density at radius 2 is 1.63 bits per heavy atom. The summed E-state index contributed by atoms with van der Waals surface area (Å²) >= 11 is 0. The molecule has 0 saturated heterocycles. The quantitative estimate of drug-likeness (QED) is 0.292. The first-order valence-corrected chi connectivity index (χ1v) is 11.9. The van der Waals surface area contributed by atoms with Crippen molar-refractivity contribution in [2.75, 3.05) is 0 Å². The summed E-state index contributed by atoms with van der Waals surface area (Å²) in [5.74, 6) is -0.186. The highest BCUT2D eigenvalue weighted by Gasteiger charge is 2.30. The minimum Gasteiger partial charge on any atom is -0.478 e. The van der Waals surface area contributed by atoms with Crippen molar-refractivity contribution in [2.24, 2.45) is 5.92 Å². The van der Waals surface area contributed by atoms with Crippen LogP contribution in [0.5, 0.6) is 0 Å². The highest BCUT2D eigenvalue weighted by Crippen LogP contribution is 2.37. The molecule has 0 bridgehead atoms. The van der Waals surface area contributed by atoms with Crippen molar-refractivity contribution in [1.29, 1.82) is 0 Å². The Balaban J connectivity index is 1.47. The van der Waals surface area contributed by atoms with Gasteiger partial charge in [0.25, 0.3) is 0 Å². The van der Waals surface area contributed by atoms with E-state index in [0.717, 1.165) is 58.5 Å². The predicted molar refractivity (Wildman–Crippen MR) is 130 cm³/mol. The van der Waals surface area contributed by atoms with Gasteiger partial charge < -0.3 is 9.67 Å². The molecule has 3 nitrogen and oxygen atoms in total. The fourth-order valence-electron chi connectivity index (χ4n) is 4.96. The van der Waals surface area contributed by atoms with Crippen LogP contribution in [0.3, 0.4) is 0 Å². The number of carbonyl (C=O) groups is 1. The molecule has 1 unspecified atom stereocenters. The zero-order chi connectivity index (χ0) is 24.6. The van der Waals surface area contributed by atoms with Gasteiger partial charge in [-0.25, -0.2) is 4.79 Å². The Morgan fingerprint density at radius 3 is 2.23 bits per heavy atom. The third-order valence-corrected chi connectivity index (χ3v) is 7.22.